The van der Waals surface area contributed by atoms with E-state index in [0.717, 1.165) is 11.3 Å². The molecular formula is C21H17Cl2NO3. The van der Waals surface area contributed by atoms with Gasteiger partial charge in [0.2, 0.25) is 0 Å². The zero-order valence-electron chi connectivity index (χ0n) is 14.3. The summed E-state index contributed by atoms with van der Waals surface area (Å²) >= 11 is 11.8. The third kappa shape index (κ3) is 6.20. The highest BCUT2D eigenvalue weighted by Gasteiger charge is 2.06. The van der Waals surface area contributed by atoms with Crippen molar-refractivity contribution in [2.24, 2.45) is 0 Å². The van der Waals surface area contributed by atoms with Gasteiger partial charge >= 0.3 is 0 Å². The van der Waals surface area contributed by atoms with Crippen LogP contribution in [0.3, 0.4) is 0 Å². The van der Waals surface area contributed by atoms with Gasteiger partial charge in [0.15, 0.2) is 6.61 Å². The van der Waals surface area contributed by atoms with Gasteiger partial charge < -0.3 is 14.8 Å². The van der Waals surface area contributed by atoms with Crippen molar-refractivity contribution in [3.63, 3.8) is 0 Å². The lowest BCUT2D eigenvalue weighted by Crippen LogP contribution is -2.20. The smallest absolute Gasteiger partial charge is 0.262 e. The highest BCUT2D eigenvalue weighted by atomic mass is 35.5. The topological polar surface area (TPSA) is 47.6 Å². The summed E-state index contributed by atoms with van der Waals surface area (Å²) in [4.78, 5) is 12.0. The molecule has 0 bridgehead atoms. The van der Waals surface area contributed by atoms with Crippen molar-refractivity contribution in [2.75, 3.05) is 11.9 Å². The molecule has 138 valence electrons. The number of benzene rings is 3. The first-order valence-corrected chi connectivity index (χ1v) is 8.99. The Hall–Kier alpha value is -2.69. The van der Waals surface area contributed by atoms with E-state index >= 15 is 0 Å². The number of anilines is 1. The zero-order valence-corrected chi connectivity index (χ0v) is 15.8. The van der Waals surface area contributed by atoms with Gasteiger partial charge in [-0.05, 0) is 48.0 Å². The van der Waals surface area contributed by atoms with E-state index in [1.54, 1.807) is 42.5 Å². The normalized spacial score (nSPS) is 10.3. The Bertz CT molecular complexity index is 879. The summed E-state index contributed by atoms with van der Waals surface area (Å²) in [5.41, 5.74) is 1.74. The van der Waals surface area contributed by atoms with E-state index in [1.165, 1.54) is 0 Å². The van der Waals surface area contributed by atoms with E-state index in [1.807, 2.05) is 30.3 Å². The monoisotopic (exact) mass is 401 g/mol. The summed E-state index contributed by atoms with van der Waals surface area (Å²) in [6.07, 6.45) is 0. The molecule has 0 unspecified atom stereocenters. The molecule has 0 spiro atoms. The largest absolute Gasteiger partial charge is 0.489 e. The molecule has 0 radical (unpaired) electrons. The van der Waals surface area contributed by atoms with Gasteiger partial charge in [0.05, 0.1) is 0 Å². The van der Waals surface area contributed by atoms with Gasteiger partial charge in [-0.15, -0.1) is 0 Å². The minimum Gasteiger partial charge on any atom is -0.489 e. The summed E-state index contributed by atoms with van der Waals surface area (Å²) in [6.45, 7) is 0.339. The fourth-order valence-electron chi connectivity index (χ4n) is 2.33. The third-order valence-corrected chi connectivity index (χ3v) is 4.03. The molecule has 0 heterocycles. The molecule has 0 saturated carbocycles. The van der Waals surface area contributed by atoms with Crippen LogP contribution in [0.4, 0.5) is 5.69 Å². The summed E-state index contributed by atoms with van der Waals surface area (Å²) in [5, 5.41) is 3.65. The number of carbonyl (C=O) groups is 1. The van der Waals surface area contributed by atoms with Crippen molar-refractivity contribution in [3.05, 3.63) is 88.4 Å². The molecule has 3 aromatic rings. The van der Waals surface area contributed by atoms with Crippen LogP contribution in [0.5, 0.6) is 11.5 Å². The van der Waals surface area contributed by atoms with Gasteiger partial charge in [-0.2, -0.15) is 0 Å². The number of amides is 1. The zero-order chi connectivity index (χ0) is 19.1. The maximum Gasteiger partial charge on any atom is 0.262 e. The summed E-state index contributed by atoms with van der Waals surface area (Å²) in [7, 11) is 0. The van der Waals surface area contributed by atoms with Gasteiger partial charge in [-0.1, -0.05) is 53.5 Å². The number of nitrogens with one attached hydrogen (secondary N) is 1. The molecule has 0 aliphatic heterocycles. The Morgan fingerprint density at radius 3 is 2.15 bits per heavy atom. The highest BCUT2D eigenvalue weighted by molar-refractivity contribution is 6.34. The molecule has 1 N–H and O–H groups in total. The Morgan fingerprint density at radius 1 is 0.815 bits per heavy atom. The summed E-state index contributed by atoms with van der Waals surface area (Å²) < 4.78 is 11.1. The number of rotatable bonds is 7. The lowest BCUT2D eigenvalue weighted by atomic mass is 10.2. The average Bonchev–Trinajstić information content (AvgIpc) is 2.66. The lowest BCUT2D eigenvalue weighted by Gasteiger charge is -2.10. The fourth-order valence-corrected chi connectivity index (χ4v) is 2.84. The van der Waals surface area contributed by atoms with E-state index in [9.17, 15) is 4.79 Å². The molecule has 3 rings (SSSR count). The van der Waals surface area contributed by atoms with Gasteiger partial charge in [-0.25, -0.2) is 0 Å². The van der Waals surface area contributed by atoms with E-state index in [4.69, 9.17) is 32.7 Å². The molecule has 0 saturated heterocycles. The van der Waals surface area contributed by atoms with Crippen molar-refractivity contribution < 1.29 is 14.3 Å². The van der Waals surface area contributed by atoms with Crippen molar-refractivity contribution in [1.82, 2.24) is 0 Å². The number of hydrogen-bond donors (Lipinski definition) is 1. The van der Waals surface area contributed by atoms with Crippen molar-refractivity contribution in [1.29, 1.82) is 0 Å². The van der Waals surface area contributed by atoms with Gasteiger partial charge in [-0.3, -0.25) is 4.79 Å². The predicted molar refractivity (Wildman–Crippen MR) is 108 cm³/mol. The van der Waals surface area contributed by atoms with E-state index in [-0.39, 0.29) is 12.5 Å². The van der Waals surface area contributed by atoms with Gasteiger partial charge in [0.1, 0.15) is 18.1 Å². The number of hydrogen-bond acceptors (Lipinski definition) is 3. The second-order valence-corrected chi connectivity index (χ2v) is 6.61. The maximum atomic E-state index is 12.0. The van der Waals surface area contributed by atoms with Crippen LogP contribution in [0.1, 0.15) is 5.56 Å². The minimum absolute atomic E-state index is 0.150. The van der Waals surface area contributed by atoms with Crippen molar-refractivity contribution in [2.45, 2.75) is 6.61 Å². The molecular weight excluding hydrogens is 385 g/mol. The van der Waals surface area contributed by atoms with E-state index in [0.29, 0.717) is 28.1 Å². The Kier molecular flexibility index (Phi) is 6.58. The first-order chi connectivity index (χ1) is 13.1. The number of ether oxygens (including phenoxy) is 2. The first-order valence-electron chi connectivity index (χ1n) is 8.24. The molecule has 27 heavy (non-hydrogen) atoms. The van der Waals surface area contributed by atoms with Crippen LogP contribution in [-0.2, 0) is 11.4 Å². The van der Waals surface area contributed by atoms with Crippen LogP contribution in [0.15, 0.2) is 72.8 Å². The molecule has 4 nitrogen and oxygen atoms in total. The molecule has 0 aliphatic carbocycles. The van der Waals surface area contributed by atoms with Crippen molar-refractivity contribution >= 4 is 34.8 Å². The summed E-state index contributed by atoms with van der Waals surface area (Å²) in [5.74, 6) is 0.873. The average molecular weight is 402 g/mol. The van der Waals surface area contributed by atoms with Gasteiger partial charge in [0.25, 0.3) is 5.91 Å². The fraction of sp³-hybridized carbons (Fsp3) is 0.0952. The minimum atomic E-state index is -0.288. The molecule has 6 heteroatoms. The van der Waals surface area contributed by atoms with Crippen molar-refractivity contribution in [3.8, 4) is 11.5 Å². The molecule has 1 amide bonds. The number of carbonyl (C=O) groups excluding carboxylic acids is 1. The Balaban J connectivity index is 1.48. The lowest BCUT2D eigenvalue weighted by molar-refractivity contribution is -0.118. The Morgan fingerprint density at radius 2 is 1.48 bits per heavy atom. The highest BCUT2D eigenvalue weighted by Crippen LogP contribution is 2.24. The molecule has 3 aromatic carbocycles. The van der Waals surface area contributed by atoms with Crippen LogP contribution >= 0.6 is 23.2 Å². The SMILES string of the molecule is O=C(COc1cc(Cl)cc(Cl)c1)Nc1ccc(OCc2ccccc2)cc1. The van der Waals surface area contributed by atoms with Gasteiger partial charge in [0, 0.05) is 15.7 Å². The molecule has 0 aliphatic rings. The Labute approximate surface area is 167 Å². The van der Waals surface area contributed by atoms with Crippen LogP contribution in [0.2, 0.25) is 10.0 Å². The van der Waals surface area contributed by atoms with Crippen LogP contribution in [0, 0.1) is 0 Å². The van der Waals surface area contributed by atoms with Crippen LogP contribution in [0.25, 0.3) is 0 Å². The number of halogens is 2. The van der Waals surface area contributed by atoms with E-state index < -0.39 is 0 Å². The third-order valence-electron chi connectivity index (χ3n) is 3.59. The quantitative estimate of drug-likeness (QED) is 0.561. The van der Waals surface area contributed by atoms with E-state index in [2.05, 4.69) is 5.32 Å². The second kappa shape index (κ2) is 9.31. The van der Waals surface area contributed by atoms with Crippen LogP contribution < -0.4 is 14.8 Å². The molecule has 0 atom stereocenters. The summed E-state index contributed by atoms with van der Waals surface area (Å²) in [6, 6.07) is 21.8. The standard InChI is InChI=1S/C21H17Cl2NO3/c22-16-10-17(23)12-20(11-16)27-14-21(25)24-18-6-8-19(9-7-18)26-13-15-4-2-1-3-5-15/h1-12H,13-14H2,(H,24,25). The van der Waals surface area contributed by atoms with Crippen LogP contribution in [-0.4, -0.2) is 12.5 Å². The predicted octanol–water partition coefficient (Wildman–Crippen LogP) is 5.59. The molecule has 0 fully saturated rings. The maximum absolute atomic E-state index is 12.0. The second-order valence-electron chi connectivity index (χ2n) is 5.74. The first kappa shape index (κ1) is 19.1. The molecule has 0 aromatic heterocycles.